The molecule has 2 unspecified atom stereocenters. The SMILES string of the molecule is Cc1ccc2c(c1)SC(C)(C)CC(C)(C)Sc1cc(C)ccc1C=NC1CCCCC1N=C2. The lowest BCUT2D eigenvalue weighted by atomic mass is 9.91. The van der Waals surface area contributed by atoms with Crippen molar-refractivity contribution in [1.82, 2.24) is 0 Å². The van der Waals surface area contributed by atoms with Gasteiger partial charge < -0.3 is 0 Å². The molecule has 0 radical (unpaired) electrons. The summed E-state index contributed by atoms with van der Waals surface area (Å²) in [6.07, 6.45) is 10.1. The summed E-state index contributed by atoms with van der Waals surface area (Å²) in [6.45, 7) is 13.9. The zero-order valence-electron chi connectivity index (χ0n) is 21.0. The van der Waals surface area contributed by atoms with Crippen LogP contribution >= 0.6 is 23.5 Å². The summed E-state index contributed by atoms with van der Waals surface area (Å²) in [4.78, 5) is 12.9. The summed E-state index contributed by atoms with van der Waals surface area (Å²) in [5.74, 6) is 0. The van der Waals surface area contributed by atoms with Crippen molar-refractivity contribution in [3.05, 3.63) is 58.7 Å². The van der Waals surface area contributed by atoms with E-state index < -0.39 is 0 Å². The molecule has 176 valence electrons. The van der Waals surface area contributed by atoms with E-state index in [9.17, 15) is 0 Å². The Morgan fingerprint density at radius 2 is 1.12 bits per heavy atom. The minimum Gasteiger partial charge on any atom is -0.287 e. The molecule has 1 saturated carbocycles. The van der Waals surface area contributed by atoms with Crippen LogP contribution in [0.5, 0.6) is 0 Å². The van der Waals surface area contributed by atoms with E-state index in [1.165, 1.54) is 44.9 Å². The summed E-state index contributed by atoms with van der Waals surface area (Å²) < 4.78 is 0.191. The maximum Gasteiger partial charge on any atom is 0.0723 e. The van der Waals surface area contributed by atoms with Crippen molar-refractivity contribution in [3.63, 3.8) is 0 Å². The van der Waals surface area contributed by atoms with Crippen molar-refractivity contribution >= 4 is 36.0 Å². The van der Waals surface area contributed by atoms with Gasteiger partial charge in [0.15, 0.2) is 0 Å². The predicted molar refractivity (Wildman–Crippen MR) is 148 cm³/mol. The number of hydrogen-bond acceptors (Lipinski definition) is 4. The topological polar surface area (TPSA) is 24.7 Å². The lowest BCUT2D eigenvalue weighted by molar-refractivity contribution is 0.390. The Morgan fingerprint density at radius 3 is 1.55 bits per heavy atom. The van der Waals surface area contributed by atoms with Crippen molar-refractivity contribution in [2.75, 3.05) is 0 Å². The van der Waals surface area contributed by atoms with E-state index in [1.54, 1.807) is 0 Å². The Labute approximate surface area is 209 Å². The summed E-state index contributed by atoms with van der Waals surface area (Å²) in [5.41, 5.74) is 5.10. The van der Waals surface area contributed by atoms with E-state index in [4.69, 9.17) is 9.98 Å². The number of rotatable bonds is 0. The van der Waals surface area contributed by atoms with Gasteiger partial charge in [-0.25, -0.2) is 0 Å². The van der Waals surface area contributed by atoms with Crippen LogP contribution in [0, 0.1) is 13.8 Å². The van der Waals surface area contributed by atoms with Crippen LogP contribution < -0.4 is 0 Å². The monoisotopic (exact) mass is 478 g/mol. The summed E-state index contributed by atoms with van der Waals surface area (Å²) in [6, 6.07) is 14.1. The quantitative estimate of drug-likeness (QED) is 0.380. The number of benzene rings is 2. The van der Waals surface area contributed by atoms with Crippen molar-refractivity contribution in [2.24, 2.45) is 9.98 Å². The number of thioether (sulfide) groups is 2. The Morgan fingerprint density at radius 1 is 0.697 bits per heavy atom. The normalized spacial score (nSPS) is 24.7. The Balaban J connectivity index is 1.79. The predicted octanol–water partition coefficient (Wildman–Crippen LogP) is 8.30. The van der Waals surface area contributed by atoms with E-state index in [2.05, 4.69) is 90.4 Å². The van der Waals surface area contributed by atoms with Crippen LogP contribution in [-0.4, -0.2) is 34.0 Å². The highest BCUT2D eigenvalue weighted by atomic mass is 32.2. The van der Waals surface area contributed by atoms with E-state index >= 15 is 0 Å². The molecule has 4 heteroatoms. The highest BCUT2D eigenvalue weighted by Crippen LogP contribution is 2.46. The molecule has 2 aromatic carbocycles. The molecule has 1 aliphatic heterocycles. The number of hydrogen-bond donors (Lipinski definition) is 0. The molecule has 0 amide bonds. The molecule has 33 heavy (non-hydrogen) atoms. The first-order valence-electron chi connectivity index (χ1n) is 12.3. The smallest absolute Gasteiger partial charge is 0.0723 e. The first-order chi connectivity index (χ1) is 15.6. The number of aryl methyl sites for hydroxylation is 2. The van der Waals surface area contributed by atoms with Gasteiger partial charge in [0.05, 0.1) is 12.1 Å². The van der Waals surface area contributed by atoms with Crippen LogP contribution in [0.15, 0.2) is 56.2 Å². The number of aliphatic imine (C=N–C) groups is 2. The molecule has 0 N–H and O–H groups in total. The fourth-order valence-electron chi connectivity index (χ4n) is 5.16. The molecule has 0 aromatic heterocycles. The third-order valence-electron chi connectivity index (χ3n) is 6.47. The van der Waals surface area contributed by atoms with Crippen molar-refractivity contribution in [2.45, 2.75) is 105 Å². The van der Waals surface area contributed by atoms with E-state index in [0.717, 1.165) is 19.3 Å². The number of nitrogens with zero attached hydrogens (tertiary/aromatic N) is 2. The fraction of sp³-hybridized carbons (Fsp3) is 0.517. The molecular formula is C29H38N2S2. The summed E-state index contributed by atoms with van der Waals surface area (Å²) in [5, 5.41) is 0. The highest BCUT2D eigenvalue weighted by Gasteiger charge is 2.32. The van der Waals surface area contributed by atoms with Gasteiger partial charge >= 0.3 is 0 Å². The minimum absolute atomic E-state index is 0.0957. The molecule has 2 aliphatic rings. The molecule has 2 aromatic rings. The standard InChI is InChI=1S/C29H38N2S2/c1-20-11-13-22-17-30-24-9-7-8-10-25(24)31-18-23-14-12-21(2)16-27(23)33-29(5,6)19-28(3,4)32-26(22)15-20/h11-18,24-25H,7-10,19H2,1-6H3. The Hall–Kier alpha value is -1.52. The van der Waals surface area contributed by atoms with Crippen LogP contribution in [0.1, 0.15) is 82.1 Å². The average molecular weight is 479 g/mol. The summed E-state index contributed by atoms with van der Waals surface area (Å²) in [7, 11) is 0. The van der Waals surface area contributed by atoms with Crippen molar-refractivity contribution < 1.29 is 0 Å². The number of fused-ring (bicyclic) bond motifs is 3. The van der Waals surface area contributed by atoms with Gasteiger partial charge in [0, 0.05) is 42.8 Å². The van der Waals surface area contributed by atoms with Gasteiger partial charge in [0.2, 0.25) is 0 Å². The zero-order chi connectivity index (χ0) is 23.6. The third-order valence-corrected chi connectivity index (χ3v) is 9.01. The zero-order valence-corrected chi connectivity index (χ0v) is 22.7. The van der Waals surface area contributed by atoms with Crippen LogP contribution in [0.3, 0.4) is 0 Å². The van der Waals surface area contributed by atoms with Gasteiger partial charge in [-0.15, -0.1) is 23.5 Å². The van der Waals surface area contributed by atoms with Gasteiger partial charge in [-0.3, -0.25) is 9.98 Å². The van der Waals surface area contributed by atoms with Crippen LogP contribution in [-0.2, 0) is 0 Å². The van der Waals surface area contributed by atoms with Crippen LogP contribution in [0.4, 0.5) is 0 Å². The third kappa shape index (κ3) is 6.54. The molecular weight excluding hydrogens is 440 g/mol. The Kier molecular flexibility index (Phi) is 7.45. The molecule has 0 bridgehead atoms. The maximum atomic E-state index is 5.12. The van der Waals surface area contributed by atoms with Gasteiger partial charge in [-0.1, -0.05) is 64.8 Å². The van der Waals surface area contributed by atoms with Gasteiger partial charge in [-0.05, 0) is 56.4 Å². The van der Waals surface area contributed by atoms with E-state index in [-0.39, 0.29) is 21.6 Å². The van der Waals surface area contributed by atoms with E-state index in [1.807, 2.05) is 23.5 Å². The van der Waals surface area contributed by atoms with Crippen molar-refractivity contribution in [3.8, 4) is 0 Å². The fourth-order valence-corrected chi connectivity index (χ4v) is 8.27. The average Bonchev–Trinajstić information content (AvgIpc) is 2.71. The molecule has 4 rings (SSSR count). The minimum atomic E-state index is 0.0957. The lowest BCUT2D eigenvalue weighted by Gasteiger charge is -2.35. The van der Waals surface area contributed by atoms with Crippen LogP contribution in [0.25, 0.3) is 0 Å². The van der Waals surface area contributed by atoms with Gasteiger partial charge in [0.25, 0.3) is 0 Å². The van der Waals surface area contributed by atoms with Gasteiger partial charge in [0.1, 0.15) is 0 Å². The first-order valence-corrected chi connectivity index (χ1v) is 13.9. The second-order valence-electron chi connectivity index (χ2n) is 11.0. The van der Waals surface area contributed by atoms with Gasteiger partial charge in [-0.2, -0.15) is 0 Å². The molecule has 0 saturated heterocycles. The first kappa shape index (κ1) is 24.6. The second kappa shape index (κ2) is 10.00. The summed E-state index contributed by atoms with van der Waals surface area (Å²) >= 11 is 4.00. The molecule has 2 nitrogen and oxygen atoms in total. The molecule has 2 atom stereocenters. The molecule has 0 spiro atoms. The largest absolute Gasteiger partial charge is 0.287 e. The molecule has 1 heterocycles. The van der Waals surface area contributed by atoms with Crippen molar-refractivity contribution in [1.29, 1.82) is 0 Å². The molecule has 1 fully saturated rings. The van der Waals surface area contributed by atoms with E-state index in [0.29, 0.717) is 0 Å². The lowest BCUT2D eigenvalue weighted by Crippen LogP contribution is -2.28. The van der Waals surface area contributed by atoms with Crippen LogP contribution in [0.2, 0.25) is 0 Å². The maximum absolute atomic E-state index is 5.12. The second-order valence-corrected chi connectivity index (χ2v) is 14.5. The highest BCUT2D eigenvalue weighted by molar-refractivity contribution is 8.01. The molecule has 1 aliphatic carbocycles. The Bertz CT molecular complexity index is 968.